The van der Waals surface area contributed by atoms with Crippen LogP contribution >= 0.6 is 0 Å². The molecule has 0 aromatic carbocycles. The van der Waals surface area contributed by atoms with Gasteiger partial charge in [-0.1, -0.05) is 20.8 Å². The molecule has 0 aliphatic carbocycles. The molecule has 1 aromatic rings. The van der Waals surface area contributed by atoms with Crippen LogP contribution in [0.3, 0.4) is 0 Å². The largest absolute Gasteiger partial charge is 0.478 e. The second-order valence-corrected chi connectivity index (χ2v) is 5.87. The summed E-state index contributed by atoms with van der Waals surface area (Å²) in [5, 5.41) is 13.1. The van der Waals surface area contributed by atoms with Crippen molar-refractivity contribution < 1.29 is 9.84 Å². The molecule has 0 spiro atoms. The van der Waals surface area contributed by atoms with E-state index in [4.69, 9.17) is 4.74 Å². The number of aliphatic hydroxyl groups is 1. The van der Waals surface area contributed by atoms with Crippen LogP contribution in [-0.2, 0) is 0 Å². The molecule has 1 unspecified atom stereocenters. The van der Waals surface area contributed by atoms with E-state index in [2.05, 4.69) is 36.1 Å². The van der Waals surface area contributed by atoms with Crippen molar-refractivity contribution in [1.82, 2.24) is 9.97 Å². The Morgan fingerprint density at radius 3 is 2.63 bits per heavy atom. The van der Waals surface area contributed by atoms with Gasteiger partial charge in [-0.3, -0.25) is 0 Å². The molecule has 0 aliphatic heterocycles. The first-order valence-corrected chi connectivity index (χ1v) is 6.70. The number of aryl methyl sites for hydroxylation is 1. The molecular formula is C14H25N3O2. The molecule has 2 N–H and O–H groups in total. The van der Waals surface area contributed by atoms with Gasteiger partial charge < -0.3 is 15.2 Å². The zero-order chi connectivity index (χ0) is 14.5. The topological polar surface area (TPSA) is 67.3 Å². The minimum absolute atomic E-state index is 0.110. The lowest BCUT2D eigenvalue weighted by Crippen LogP contribution is -2.25. The molecule has 0 aliphatic rings. The number of nitrogens with one attached hydrogen (secondary N) is 1. The maximum absolute atomic E-state index is 9.95. The fourth-order valence-electron chi connectivity index (χ4n) is 1.85. The maximum atomic E-state index is 9.95. The number of anilines is 1. The summed E-state index contributed by atoms with van der Waals surface area (Å²) in [4.78, 5) is 8.45. The second-order valence-electron chi connectivity index (χ2n) is 5.87. The Bertz CT molecular complexity index is 402. The lowest BCUT2D eigenvalue weighted by molar-refractivity contribution is 0.132. The van der Waals surface area contributed by atoms with Gasteiger partial charge in [0.05, 0.1) is 12.7 Å². The molecule has 1 heterocycles. The number of aliphatic hydroxyl groups excluding tert-OH is 1. The van der Waals surface area contributed by atoms with Gasteiger partial charge >= 0.3 is 0 Å². The highest BCUT2D eigenvalue weighted by atomic mass is 16.5. The molecule has 1 atom stereocenters. The van der Waals surface area contributed by atoms with E-state index in [1.807, 2.05) is 13.8 Å². The highest BCUT2D eigenvalue weighted by Crippen LogP contribution is 2.21. The molecule has 1 aromatic heterocycles. The minimum atomic E-state index is -0.397. The van der Waals surface area contributed by atoms with Crippen LogP contribution in [0.1, 0.15) is 39.9 Å². The van der Waals surface area contributed by atoms with Crippen LogP contribution in [0.25, 0.3) is 0 Å². The summed E-state index contributed by atoms with van der Waals surface area (Å²) in [6.07, 6.45) is 0.341. The molecule has 0 fully saturated rings. The zero-order valence-electron chi connectivity index (χ0n) is 12.5. The Balaban J connectivity index is 2.57. The summed E-state index contributed by atoms with van der Waals surface area (Å²) in [6.45, 7) is 11.1. The van der Waals surface area contributed by atoms with Gasteiger partial charge in [-0.25, -0.2) is 4.98 Å². The van der Waals surface area contributed by atoms with E-state index in [9.17, 15) is 5.11 Å². The molecule has 19 heavy (non-hydrogen) atoms. The van der Waals surface area contributed by atoms with Gasteiger partial charge in [-0.2, -0.15) is 4.98 Å². The van der Waals surface area contributed by atoms with Crippen molar-refractivity contribution in [2.75, 3.05) is 18.5 Å². The molecule has 1 rings (SSSR count). The summed E-state index contributed by atoms with van der Waals surface area (Å²) >= 11 is 0. The first-order valence-electron chi connectivity index (χ1n) is 6.70. The van der Waals surface area contributed by atoms with E-state index < -0.39 is 6.10 Å². The number of aromatic nitrogens is 2. The Labute approximate surface area is 115 Å². The summed E-state index contributed by atoms with van der Waals surface area (Å²) in [5.41, 5.74) is 0.110. The summed E-state index contributed by atoms with van der Waals surface area (Å²) in [5.74, 6) is 1.89. The van der Waals surface area contributed by atoms with Crippen molar-refractivity contribution in [1.29, 1.82) is 0 Å². The van der Waals surface area contributed by atoms with Crippen molar-refractivity contribution in [3.63, 3.8) is 0 Å². The fraction of sp³-hybridized carbons (Fsp3) is 0.714. The quantitative estimate of drug-likeness (QED) is 0.828. The summed E-state index contributed by atoms with van der Waals surface area (Å²) in [7, 11) is 0. The predicted octanol–water partition coefficient (Wildman–Crippen LogP) is 2.39. The third-order valence-electron chi connectivity index (χ3n) is 2.47. The Hall–Kier alpha value is -1.36. The predicted molar refractivity (Wildman–Crippen MR) is 76.5 cm³/mol. The summed E-state index contributed by atoms with van der Waals surface area (Å²) in [6, 6.07) is 1.75. The van der Waals surface area contributed by atoms with Gasteiger partial charge in [0.25, 0.3) is 0 Å². The van der Waals surface area contributed by atoms with E-state index in [1.54, 1.807) is 6.07 Å². The Morgan fingerprint density at radius 1 is 1.37 bits per heavy atom. The van der Waals surface area contributed by atoms with Crippen LogP contribution in [-0.4, -0.2) is 34.3 Å². The molecular weight excluding hydrogens is 242 g/mol. The molecule has 5 nitrogen and oxygen atoms in total. The van der Waals surface area contributed by atoms with Crippen molar-refractivity contribution >= 4 is 5.82 Å². The fourth-order valence-corrected chi connectivity index (χ4v) is 1.85. The molecule has 5 heteroatoms. The molecule has 0 radical (unpaired) electrons. The summed E-state index contributed by atoms with van der Waals surface area (Å²) < 4.78 is 5.36. The SMILES string of the molecule is CCOc1cc(NCC(O)CC(C)(C)C)nc(C)n1. The maximum Gasteiger partial charge on any atom is 0.218 e. The average molecular weight is 267 g/mol. The van der Waals surface area contributed by atoms with Crippen molar-refractivity contribution in [2.45, 2.75) is 47.1 Å². The highest BCUT2D eigenvalue weighted by molar-refractivity contribution is 5.38. The number of rotatable bonds is 6. The van der Waals surface area contributed by atoms with Gasteiger partial charge in [-0.15, -0.1) is 0 Å². The highest BCUT2D eigenvalue weighted by Gasteiger charge is 2.16. The van der Waals surface area contributed by atoms with E-state index in [0.717, 1.165) is 6.42 Å². The number of hydrogen-bond donors (Lipinski definition) is 2. The third-order valence-corrected chi connectivity index (χ3v) is 2.47. The van der Waals surface area contributed by atoms with Gasteiger partial charge in [0.2, 0.25) is 5.88 Å². The lowest BCUT2D eigenvalue weighted by Gasteiger charge is -2.22. The van der Waals surface area contributed by atoms with Gasteiger partial charge in [0, 0.05) is 12.6 Å². The third kappa shape index (κ3) is 6.38. The Kier molecular flexibility index (Phi) is 5.54. The van der Waals surface area contributed by atoms with Crippen LogP contribution in [0.5, 0.6) is 5.88 Å². The van der Waals surface area contributed by atoms with Crippen LogP contribution in [0.2, 0.25) is 0 Å². The molecule has 0 saturated carbocycles. The number of hydrogen-bond acceptors (Lipinski definition) is 5. The van der Waals surface area contributed by atoms with Gasteiger partial charge in [-0.05, 0) is 25.7 Å². The van der Waals surface area contributed by atoms with Crippen molar-refractivity contribution in [3.8, 4) is 5.88 Å². The van der Waals surface area contributed by atoms with E-state index in [0.29, 0.717) is 30.7 Å². The van der Waals surface area contributed by atoms with Crippen LogP contribution in [0.4, 0.5) is 5.82 Å². The average Bonchev–Trinajstić information content (AvgIpc) is 2.24. The standard InChI is InChI=1S/C14H25N3O2/c1-6-19-13-7-12(16-10(2)17-13)15-9-11(18)8-14(3,4)5/h7,11,18H,6,8-9H2,1-5H3,(H,15,16,17). The van der Waals surface area contributed by atoms with E-state index in [1.165, 1.54) is 0 Å². The molecule has 0 bridgehead atoms. The first kappa shape index (κ1) is 15.7. The molecule has 108 valence electrons. The van der Waals surface area contributed by atoms with Crippen LogP contribution in [0.15, 0.2) is 6.07 Å². The first-order chi connectivity index (χ1) is 8.80. The second kappa shape index (κ2) is 6.70. The molecule has 0 amide bonds. The zero-order valence-corrected chi connectivity index (χ0v) is 12.5. The van der Waals surface area contributed by atoms with Crippen LogP contribution < -0.4 is 10.1 Å². The van der Waals surface area contributed by atoms with Gasteiger partial charge in [0.1, 0.15) is 11.6 Å². The van der Waals surface area contributed by atoms with E-state index >= 15 is 0 Å². The molecule has 0 saturated heterocycles. The van der Waals surface area contributed by atoms with E-state index in [-0.39, 0.29) is 5.41 Å². The van der Waals surface area contributed by atoms with Crippen LogP contribution in [0, 0.1) is 12.3 Å². The van der Waals surface area contributed by atoms with Gasteiger partial charge in [0.15, 0.2) is 0 Å². The normalized spacial score (nSPS) is 13.2. The van der Waals surface area contributed by atoms with Crippen molar-refractivity contribution in [2.24, 2.45) is 5.41 Å². The Morgan fingerprint density at radius 2 is 2.05 bits per heavy atom. The minimum Gasteiger partial charge on any atom is -0.478 e. The monoisotopic (exact) mass is 267 g/mol. The lowest BCUT2D eigenvalue weighted by atomic mass is 9.89. The number of ether oxygens (including phenoxy) is 1. The smallest absolute Gasteiger partial charge is 0.218 e. The number of nitrogens with zero attached hydrogens (tertiary/aromatic N) is 2. The van der Waals surface area contributed by atoms with Crippen molar-refractivity contribution in [3.05, 3.63) is 11.9 Å².